The van der Waals surface area contributed by atoms with Crippen LogP contribution in [0.4, 0.5) is 0 Å². The smallest absolute Gasteiger partial charge is 0.0932 e. The van der Waals surface area contributed by atoms with Crippen LogP contribution in [0.15, 0.2) is 31.2 Å². The Morgan fingerprint density at radius 1 is 1.50 bits per heavy atom. The zero-order valence-electron chi connectivity index (χ0n) is 6.62. The summed E-state index contributed by atoms with van der Waals surface area (Å²) in [6.07, 6.45) is 6.09. The zero-order valence-corrected chi connectivity index (χ0v) is 6.62. The fourth-order valence-electron chi connectivity index (χ4n) is 1.14. The summed E-state index contributed by atoms with van der Waals surface area (Å²) in [5, 5.41) is 0. The predicted molar refractivity (Wildman–Crippen MR) is 47.8 cm³/mol. The van der Waals surface area contributed by atoms with E-state index >= 15 is 0 Å². The molecule has 1 N–H and O–H groups in total. The van der Waals surface area contributed by atoms with Gasteiger partial charge in [0.05, 0.1) is 23.6 Å². The number of H-pyrrole nitrogens is 1. The van der Waals surface area contributed by atoms with E-state index in [0.717, 1.165) is 23.1 Å². The second-order valence-corrected chi connectivity index (χ2v) is 2.59. The summed E-state index contributed by atoms with van der Waals surface area (Å²) in [5.74, 6) is 0. The molecule has 0 bridgehead atoms. The van der Waals surface area contributed by atoms with Gasteiger partial charge in [-0.1, -0.05) is 6.08 Å². The maximum atomic E-state index is 4.23. The Hall–Kier alpha value is -1.64. The largest absolute Gasteiger partial charge is 0.343 e. The van der Waals surface area contributed by atoms with E-state index in [1.165, 1.54) is 0 Å². The van der Waals surface area contributed by atoms with Gasteiger partial charge in [0.2, 0.25) is 0 Å². The summed E-state index contributed by atoms with van der Waals surface area (Å²) in [6.45, 7) is 3.66. The Balaban J connectivity index is 2.52. The first-order chi connectivity index (χ1) is 5.90. The highest BCUT2D eigenvalue weighted by Gasteiger charge is 1.97. The molecule has 0 aliphatic rings. The van der Waals surface area contributed by atoms with Crippen LogP contribution < -0.4 is 0 Å². The Morgan fingerprint density at radius 2 is 2.42 bits per heavy atom. The van der Waals surface area contributed by atoms with Gasteiger partial charge in [-0.2, -0.15) is 0 Å². The predicted octanol–water partition coefficient (Wildman–Crippen LogP) is 1.69. The zero-order chi connectivity index (χ0) is 8.39. The molecule has 0 fully saturated rings. The third-order valence-corrected chi connectivity index (χ3v) is 1.72. The topological polar surface area (TPSA) is 41.6 Å². The summed E-state index contributed by atoms with van der Waals surface area (Å²) in [4.78, 5) is 11.3. The van der Waals surface area contributed by atoms with Crippen molar-refractivity contribution in [2.75, 3.05) is 0 Å². The first-order valence-electron chi connectivity index (χ1n) is 3.79. The van der Waals surface area contributed by atoms with E-state index in [1.807, 2.05) is 12.1 Å². The number of hydrogen-bond donors (Lipinski definition) is 1. The van der Waals surface area contributed by atoms with Crippen LogP contribution >= 0.6 is 0 Å². The van der Waals surface area contributed by atoms with Crippen molar-refractivity contribution in [1.29, 1.82) is 0 Å². The van der Waals surface area contributed by atoms with Crippen LogP contribution in [0.2, 0.25) is 0 Å². The number of rotatable bonds is 2. The van der Waals surface area contributed by atoms with Gasteiger partial charge in [-0.05, 0) is 6.07 Å². The average Bonchev–Trinajstić information content (AvgIpc) is 2.51. The minimum Gasteiger partial charge on any atom is -0.343 e. The highest BCUT2D eigenvalue weighted by atomic mass is 14.9. The lowest BCUT2D eigenvalue weighted by molar-refractivity contribution is 1.12. The molecule has 2 aromatic rings. The van der Waals surface area contributed by atoms with E-state index in [-0.39, 0.29) is 0 Å². The van der Waals surface area contributed by atoms with Crippen molar-refractivity contribution in [1.82, 2.24) is 15.0 Å². The molecule has 0 atom stereocenters. The van der Waals surface area contributed by atoms with Gasteiger partial charge in [-0.25, -0.2) is 4.98 Å². The number of imidazole rings is 1. The molecule has 0 spiro atoms. The minimum absolute atomic E-state index is 0.794. The second kappa shape index (κ2) is 2.77. The van der Waals surface area contributed by atoms with E-state index in [9.17, 15) is 0 Å². The molecular weight excluding hydrogens is 150 g/mol. The monoisotopic (exact) mass is 159 g/mol. The van der Waals surface area contributed by atoms with Crippen molar-refractivity contribution < 1.29 is 0 Å². The third-order valence-electron chi connectivity index (χ3n) is 1.72. The van der Waals surface area contributed by atoms with Gasteiger partial charge in [-0.3, -0.25) is 4.98 Å². The molecule has 0 aromatic carbocycles. The van der Waals surface area contributed by atoms with Gasteiger partial charge in [0.1, 0.15) is 0 Å². The molecule has 3 heteroatoms. The van der Waals surface area contributed by atoms with Gasteiger partial charge in [0.15, 0.2) is 0 Å². The molecular formula is C9H9N3. The number of fused-ring (bicyclic) bond motifs is 1. The molecule has 0 radical (unpaired) electrons. The maximum absolute atomic E-state index is 4.23. The van der Waals surface area contributed by atoms with Crippen molar-refractivity contribution in [3.63, 3.8) is 0 Å². The average molecular weight is 159 g/mol. The quantitative estimate of drug-likeness (QED) is 0.677. The van der Waals surface area contributed by atoms with E-state index in [4.69, 9.17) is 0 Å². The lowest BCUT2D eigenvalue weighted by Gasteiger charge is -1.93. The van der Waals surface area contributed by atoms with E-state index in [0.29, 0.717) is 0 Å². The third kappa shape index (κ3) is 1.09. The Labute approximate surface area is 70.2 Å². The normalized spacial score (nSPS) is 10.3. The van der Waals surface area contributed by atoms with Crippen molar-refractivity contribution >= 4 is 11.0 Å². The fraction of sp³-hybridized carbons (Fsp3) is 0.111. The first kappa shape index (κ1) is 7.03. The lowest BCUT2D eigenvalue weighted by atomic mass is 10.2. The van der Waals surface area contributed by atoms with Crippen molar-refractivity contribution in [2.45, 2.75) is 6.42 Å². The van der Waals surface area contributed by atoms with Crippen LogP contribution in [-0.4, -0.2) is 15.0 Å². The number of nitrogens with one attached hydrogen (secondary N) is 1. The molecule has 0 unspecified atom stereocenters. The molecule has 0 saturated heterocycles. The molecule has 2 aromatic heterocycles. The van der Waals surface area contributed by atoms with Gasteiger partial charge in [-0.15, -0.1) is 6.58 Å². The van der Waals surface area contributed by atoms with Crippen LogP contribution in [0.1, 0.15) is 5.69 Å². The molecule has 3 nitrogen and oxygen atoms in total. The molecule has 0 aliphatic heterocycles. The highest BCUT2D eigenvalue weighted by molar-refractivity contribution is 5.73. The molecule has 0 aliphatic carbocycles. The number of allylic oxidation sites excluding steroid dienone is 1. The number of hydrogen-bond acceptors (Lipinski definition) is 2. The number of aromatic amines is 1. The molecule has 12 heavy (non-hydrogen) atoms. The number of aromatic nitrogens is 3. The molecule has 2 rings (SSSR count). The van der Waals surface area contributed by atoms with E-state index < -0.39 is 0 Å². The van der Waals surface area contributed by atoms with E-state index in [2.05, 4.69) is 21.5 Å². The number of pyridine rings is 1. The Kier molecular flexibility index (Phi) is 1.63. The van der Waals surface area contributed by atoms with Crippen LogP contribution in [0.5, 0.6) is 0 Å². The molecule has 0 saturated carbocycles. The Morgan fingerprint density at radius 3 is 3.25 bits per heavy atom. The summed E-state index contributed by atoms with van der Waals surface area (Å²) in [7, 11) is 0. The SMILES string of the molecule is C=CCc1cc2nc[nH]c2cn1. The maximum Gasteiger partial charge on any atom is 0.0932 e. The summed E-state index contributed by atoms with van der Waals surface area (Å²) < 4.78 is 0. The lowest BCUT2D eigenvalue weighted by Crippen LogP contribution is -1.85. The number of nitrogens with zero attached hydrogens (tertiary/aromatic N) is 2. The van der Waals surface area contributed by atoms with Crippen molar-refractivity contribution in [3.8, 4) is 0 Å². The second-order valence-electron chi connectivity index (χ2n) is 2.59. The first-order valence-corrected chi connectivity index (χ1v) is 3.79. The highest BCUT2D eigenvalue weighted by Crippen LogP contribution is 2.08. The fourth-order valence-corrected chi connectivity index (χ4v) is 1.14. The molecule has 60 valence electrons. The standard InChI is InChI=1S/C9H9N3/c1-2-3-7-4-8-9(5-10-7)12-6-11-8/h2,4-6H,1,3H2,(H,11,12). The molecule has 0 amide bonds. The summed E-state index contributed by atoms with van der Waals surface area (Å²) in [6, 6.07) is 1.97. The van der Waals surface area contributed by atoms with Crippen LogP contribution in [0, 0.1) is 0 Å². The minimum atomic E-state index is 0.794. The van der Waals surface area contributed by atoms with Crippen LogP contribution in [0.3, 0.4) is 0 Å². The van der Waals surface area contributed by atoms with Gasteiger partial charge >= 0.3 is 0 Å². The van der Waals surface area contributed by atoms with Crippen LogP contribution in [0.25, 0.3) is 11.0 Å². The van der Waals surface area contributed by atoms with Gasteiger partial charge < -0.3 is 4.98 Å². The van der Waals surface area contributed by atoms with Crippen LogP contribution in [-0.2, 0) is 6.42 Å². The summed E-state index contributed by atoms with van der Waals surface area (Å²) >= 11 is 0. The Bertz CT molecular complexity index is 403. The van der Waals surface area contributed by atoms with Gasteiger partial charge in [0.25, 0.3) is 0 Å². The van der Waals surface area contributed by atoms with Gasteiger partial charge in [0, 0.05) is 12.1 Å². The van der Waals surface area contributed by atoms with E-state index in [1.54, 1.807) is 12.5 Å². The molecule has 2 heterocycles. The van der Waals surface area contributed by atoms with Crippen molar-refractivity contribution in [2.24, 2.45) is 0 Å². The summed E-state index contributed by atoms with van der Waals surface area (Å²) in [5.41, 5.74) is 2.94. The van der Waals surface area contributed by atoms with Crippen molar-refractivity contribution in [3.05, 3.63) is 36.9 Å².